The first-order valence-electron chi connectivity index (χ1n) is 5.37. The molecule has 0 fully saturated rings. The lowest BCUT2D eigenvalue weighted by Gasteiger charge is -2.17. The van der Waals surface area contributed by atoms with Gasteiger partial charge in [0.05, 0.1) is 0 Å². The van der Waals surface area contributed by atoms with Crippen LogP contribution in [0.4, 0.5) is 0 Å². The minimum absolute atomic E-state index is 0.161. The van der Waals surface area contributed by atoms with Crippen LogP contribution in [0.2, 0.25) is 0 Å². The average molecular weight is 191 g/mol. The Morgan fingerprint density at radius 3 is 2.07 bits per heavy atom. The van der Waals surface area contributed by atoms with Gasteiger partial charge in [0.25, 0.3) is 0 Å². The summed E-state index contributed by atoms with van der Waals surface area (Å²) in [6.45, 7) is 8.74. The van der Waals surface area contributed by atoms with Crippen LogP contribution < -0.4 is 5.73 Å². The molecule has 0 radical (unpaired) electrons. The van der Waals surface area contributed by atoms with Gasteiger partial charge in [0.2, 0.25) is 0 Å². The second kappa shape index (κ2) is 4.61. The zero-order chi connectivity index (χ0) is 10.7. The van der Waals surface area contributed by atoms with Crippen LogP contribution in [0.1, 0.15) is 50.8 Å². The zero-order valence-electron chi connectivity index (χ0n) is 9.62. The molecule has 1 heteroatoms. The van der Waals surface area contributed by atoms with Gasteiger partial charge in [-0.3, -0.25) is 0 Å². The van der Waals surface area contributed by atoms with Crippen LogP contribution in [-0.2, 0) is 0 Å². The minimum atomic E-state index is 0.161. The molecule has 0 saturated carbocycles. The maximum Gasteiger partial charge on any atom is 0.0318 e. The molecular weight excluding hydrogens is 170 g/mol. The normalized spacial score (nSPS) is 13.6. The molecule has 0 heterocycles. The molecule has 0 unspecified atom stereocenters. The quantitative estimate of drug-likeness (QED) is 0.778. The maximum absolute atomic E-state index is 6.11. The summed E-state index contributed by atoms with van der Waals surface area (Å²) in [5.41, 5.74) is 8.74. The number of hydrogen-bond donors (Lipinski definition) is 1. The van der Waals surface area contributed by atoms with E-state index in [-0.39, 0.29) is 6.04 Å². The molecule has 1 aromatic rings. The molecule has 1 rings (SSSR count). The highest BCUT2D eigenvalue weighted by molar-refractivity contribution is 5.28. The first kappa shape index (κ1) is 11.3. The molecule has 1 aromatic carbocycles. The van der Waals surface area contributed by atoms with Crippen molar-refractivity contribution in [3.63, 3.8) is 0 Å². The Balaban J connectivity index is 2.93. The van der Waals surface area contributed by atoms with Gasteiger partial charge < -0.3 is 5.73 Å². The van der Waals surface area contributed by atoms with Crippen molar-refractivity contribution in [3.05, 3.63) is 35.4 Å². The van der Waals surface area contributed by atoms with E-state index in [9.17, 15) is 0 Å². The maximum atomic E-state index is 6.11. The minimum Gasteiger partial charge on any atom is -0.324 e. The van der Waals surface area contributed by atoms with Crippen molar-refractivity contribution in [1.82, 2.24) is 0 Å². The molecule has 0 saturated heterocycles. The summed E-state index contributed by atoms with van der Waals surface area (Å²) in [4.78, 5) is 0. The molecule has 0 aliphatic rings. The number of benzene rings is 1. The molecule has 0 bridgehead atoms. The largest absolute Gasteiger partial charge is 0.324 e. The van der Waals surface area contributed by atoms with Crippen LogP contribution in [0.5, 0.6) is 0 Å². The molecule has 2 N–H and O–H groups in total. The van der Waals surface area contributed by atoms with Gasteiger partial charge in [-0.15, -0.1) is 0 Å². The van der Waals surface area contributed by atoms with E-state index < -0.39 is 0 Å². The fourth-order valence-electron chi connectivity index (χ4n) is 1.51. The molecule has 14 heavy (non-hydrogen) atoms. The molecule has 0 aromatic heterocycles. The summed E-state index contributed by atoms with van der Waals surface area (Å²) in [6.07, 6.45) is 0. The highest BCUT2D eigenvalue weighted by atomic mass is 14.6. The molecule has 0 aliphatic heterocycles. The SMILES string of the molecule is CC(C)c1cccc([C@@H](N)C(C)C)c1. The van der Waals surface area contributed by atoms with Gasteiger partial charge >= 0.3 is 0 Å². The van der Waals surface area contributed by atoms with E-state index in [4.69, 9.17) is 5.73 Å². The van der Waals surface area contributed by atoms with Gasteiger partial charge in [-0.1, -0.05) is 52.0 Å². The predicted octanol–water partition coefficient (Wildman–Crippen LogP) is 3.47. The molecular formula is C13H21N. The fraction of sp³-hybridized carbons (Fsp3) is 0.538. The average Bonchev–Trinajstić information content (AvgIpc) is 2.16. The Morgan fingerprint density at radius 1 is 1.00 bits per heavy atom. The topological polar surface area (TPSA) is 26.0 Å². The summed E-state index contributed by atoms with van der Waals surface area (Å²) in [7, 11) is 0. The Labute approximate surface area is 87.3 Å². The second-order valence-corrected chi connectivity index (χ2v) is 4.59. The van der Waals surface area contributed by atoms with Crippen molar-refractivity contribution >= 4 is 0 Å². The van der Waals surface area contributed by atoms with E-state index in [1.165, 1.54) is 11.1 Å². The predicted molar refractivity (Wildman–Crippen MR) is 62.3 cm³/mol. The molecule has 0 aliphatic carbocycles. The Bertz CT molecular complexity index is 289. The van der Waals surface area contributed by atoms with Gasteiger partial charge in [0.1, 0.15) is 0 Å². The van der Waals surface area contributed by atoms with Crippen LogP contribution in [0.25, 0.3) is 0 Å². The monoisotopic (exact) mass is 191 g/mol. The van der Waals surface area contributed by atoms with Gasteiger partial charge in [-0.05, 0) is 23.0 Å². The Kier molecular flexibility index (Phi) is 3.70. The third-order valence-corrected chi connectivity index (χ3v) is 2.68. The summed E-state index contributed by atoms with van der Waals surface area (Å²) in [5.74, 6) is 1.08. The third kappa shape index (κ3) is 2.58. The lowest BCUT2D eigenvalue weighted by atomic mass is 9.93. The van der Waals surface area contributed by atoms with E-state index in [1.807, 2.05) is 0 Å². The van der Waals surface area contributed by atoms with Crippen LogP contribution in [0.15, 0.2) is 24.3 Å². The molecule has 0 spiro atoms. The van der Waals surface area contributed by atoms with Crippen molar-refractivity contribution in [2.24, 2.45) is 11.7 Å². The fourth-order valence-corrected chi connectivity index (χ4v) is 1.51. The summed E-state index contributed by atoms with van der Waals surface area (Å²) < 4.78 is 0. The van der Waals surface area contributed by atoms with Crippen LogP contribution in [-0.4, -0.2) is 0 Å². The lowest BCUT2D eigenvalue weighted by Crippen LogP contribution is -2.16. The summed E-state index contributed by atoms with van der Waals surface area (Å²) in [5, 5.41) is 0. The second-order valence-electron chi connectivity index (χ2n) is 4.59. The van der Waals surface area contributed by atoms with Crippen molar-refractivity contribution in [2.45, 2.75) is 39.7 Å². The van der Waals surface area contributed by atoms with Gasteiger partial charge in [0.15, 0.2) is 0 Å². The van der Waals surface area contributed by atoms with E-state index >= 15 is 0 Å². The summed E-state index contributed by atoms with van der Waals surface area (Å²) in [6, 6.07) is 8.79. The number of hydrogen-bond acceptors (Lipinski definition) is 1. The zero-order valence-corrected chi connectivity index (χ0v) is 9.62. The van der Waals surface area contributed by atoms with Gasteiger partial charge in [0, 0.05) is 6.04 Å². The third-order valence-electron chi connectivity index (χ3n) is 2.68. The first-order valence-corrected chi connectivity index (χ1v) is 5.37. The van der Waals surface area contributed by atoms with E-state index in [0.717, 1.165) is 0 Å². The molecule has 0 amide bonds. The van der Waals surface area contributed by atoms with E-state index in [2.05, 4.69) is 52.0 Å². The Morgan fingerprint density at radius 2 is 1.57 bits per heavy atom. The van der Waals surface area contributed by atoms with E-state index in [0.29, 0.717) is 11.8 Å². The smallest absolute Gasteiger partial charge is 0.0318 e. The van der Waals surface area contributed by atoms with Crippen molar-refractivity contribution in [1.29, 1.82) is 0 Å². The number of nitrogens with two attached hydrogens (primary N) is 1. The lowest BCUT2D eigenvalue weighted by molar-refractivity contribution is 0.513. The first-order chi connectivity index (χ1) is 6.52. The number of rotatable bonds is 3. The standard InChI is InChI=1S/C13H21N/c1-9(2)11-6-5-7-12(8-11)13(14)10(3)4/h5-10,13H,14H2,1-4H3/t13-/m0/s1. The summed E-state index contributed by atoms with van der Waals surface area (Å²) >= 11 is 0. The highest BCUT2D eigenvalue weighted by Gasteiger charge is 2.10. The van der Waals surface area contributed by atoms with E-state index in [1.54, 1.807) is 0 Å². The molecule has 78 valence electrons. The van der Waals surface area contributed by atoms with Crippen molar-refractivity contribution in [2.75, 3.05) is 0 Å². The van der Waals surface area contributed by atoms with Crippen molar-refractivity contribution in [3.8, 4) is 0 Å². The van der Waals surface area contributed by atoms with Gasteiger partial charge in [-0.25, -0.2) is 0 Å². The van der Waals surface area contributed by atoms with Crippen LogP contribution >= 0.6 is 0 Å². The van der Waals surface area contributed by atoms with Crippen LogP contribution in [0, 0.1) is 5.92 Å². The van der Waals surface area contributed by atoms with Crippen LogP contribution in [0.3, 0.4) is 0 Å². The highest BCUT2D eigenvalue weighted by Crippen LogP contribution is 2.22. The van der Waals surface area contributed by atoms with Crippen molar-refractivity contribution < 1.29 is 0 Å². The Hall–Kier alpha value is -0.820. The molecule has 1 atom stereocenters. The molecule has 1 nitrogen and oxygen atoms in total. The van der Waals surface area contributed by atoms with Gasteiger partial charge in [-0.2, -0.15) is 0 Å².